The molecule has 0 bridgehead atoms. The lowest BCUT2D eigenvalue weighted by molar-refractivity contribution is -0.139. The van der Waals surface area contributed by atoms with Gasteiger partial charge in [0, 0.05) is 43.8 Å². The first-order valence-electron chi connectivity index (χ1n) is 9.63. The van der Waals surface area contributed by atoms with Gasteiger partial charge in [0.25, 0.3) is 5.91 Å². The predicted octanol–water partition coefficient (Wildman–Crippen LogP) is 3.00. The Bertz CT molecular complexity index is 1060. The van der Waals surface area contributed by atoms with E-state index in [0.717, 1.165) is 22.3 Å². The Morgan fingerprint density at radius 2 is 2.04 bits per heavy atom. The van der Waals surface area contributed by atoms with Crippen LogP contribution in [0, 0.1) is 6.92 Å². The summed E-state index contributed by atoms with van der Waals surface area (Å²) in [5, 5.41) is 0. The normalized spacial score (nSPS) is 17.4. The molecule has 2 aromatic heterocycles. The van der Waals surface area contributed by atoms with Crippen LogP contribution >= 0.6 is 0 Å². The fourth-order valence-corrected chi connectivity index (χ4v) is 3.88. The zero-order valence-electron chi connectivity index (χ0n) is 16.4. The molecule has 0 saturated carbocycles. The second-order valence-electron chi connectivity index (χ2n) is 7.24. The summed E-state index contributed by atoms with van der Waals surface area (Å²) in [6, 6.07) is 9.26. The first-order valence-corrected chi connectivity index (χ1v) is 9.63. The number of likely N-dealkylation sites (N-methyl/N-ethyl adjacent to an activating group) is 1. The fraction of sp³-hybridized carbons (Fsp3) is 0.318. The van der Waals surface area contributed by atoms with Gasteiger partial charge in [-0.2, -0.15) is 0 Å². The molecule has 144 valence electrons. The Labute approximate surface area is 164 Å². The lowest BCUT2D eigenvalue weighted by Gasteiger charge is -2.38. The number of hydrogen-bond acceptors (Lipinski definition) is 3. The first kappa shape index (κ1) is 18.2. The Morgan fingerprint density at radius 1 is 1.21 bits per heavy atom. The summed E-state index contributed by atoms with van der Waals surface area (Å²) in [4.78, 5) is 33.4. The minimum absolute atomic E-state index is 0.0134. The molecule has 1 unspecified atom stereocenters. The molecule has 4 rings (SSSR count). The van der Waals surface area contributed by atoms with E-state index in [1.807, 2.05) is 61.8 Å². The van der Waals surface area contributed by atoms with Crippen molar-refractivity contribution in [3.8, 4) is 11.1 Å². The zero-order chi connectivity index (χ0) is 19.8. The first-order chi connectivity index (χ1) is 13.5. The molecule has 1 atom stereocenters. The van der Waals surface area contributed by atoms with Gasteiger partial charge in [0.05, 0.1) is 0 Å². The maximum Gasteiger partial charge on any atom is 0.254 e. The van der Waals surface area contributed by atoms with Crippen molar-refractivity contribution in [3.63, 3.8) is 0 Å². The number of carbonyl (C=O) groups excluding carboxylic acids is 2. The minimum Gasteiger partial charge on any atom is -0.339 e. The smallest absolute Gasteiger partial charge is 0.254 e. The Balaban J connectivity index is 1.65. The van der Waals surface area contributed by atoms with E-state index < -0.39 is 6.04 Å². The molecule has 2 amide bonds. The van der Waals surface area contributed by atoms with Crippen molar-refractivity contribution >= 4 is 17.5 Å². The van der Waals surface area contributed by atoms with Crippen molar-refractivity contribution in [3.05, 3.63) is 60.0 Å². The highest BCUT2D eigenvalue weighted by Gasteiger charge is 2.33. The van der Waals surface area contributed by atoms with Crippen molar-refractivity contribution in [1.29, 1.82) is 0 Å². The summed E-state index contributed by atoms with van der Waals surface area (Å²) in [6.45, 7) is 7.62. The number of benzene rings is 1. The number of hydrogen-bond donors (Lipinski definition) is 0. The van der Waals surface area contributed by atoms with E-state index in [2.05, 4.69) is 11.1 Å². The summed E-state index contributed by atoms with van der Waals surface area (Å²) >= 11 is 0. The largest absolute Gasteiger partial charge is 0.339 e. The number of fused-ring (bicyclic) bond motifs is 1. The molecule has 0 radical (unpaired) electrons. The Morgan fingerprint density at radius 3 is 2.82 bits per heavy atom. The van der Waals surface area contributed by atoms with Crippen LogP contribution in [-0.4, -0.2) is 56.7 Å². The highest BCUT2D eigenvalue weighted by molar-refractivity contribution is 5.99. The van der Waals surface area contributed by atoms with E-state index in [-0.39, 0.29) is 11.8 Å². The molecule has 0 aliphatic carbocycles. The molecule has 1 aromatic carbocycles. The Kier molecular flexibility index (Phi) is 4.63. The maximum atomic E-state index is 13.1. The second-order valence-corrected chi connectivity index (χ2v) is 7.24. The second kappa shape index (κ2) is 7.11. The lowest BCUT2D eigenvalue weighted by atomic mass is 10.0. The molecule has 0 N–H and O–H groups in total. The van der Waals surface area contributed by atoms with Gasteiger partial charge in [-0.15, -0.1) is 0 Å². The Hall–Kier alpha value is -3.15. The van der Waals surface area contributed by atoms with Crippen molar-refractivity contribution < 1.29 is 9.59 Å². The number of imidazole rings is 1. The van der Waals surface area contributed by atoms with Gasteiger partial charge in [0.1, 0.15) is 11.7 Å². The number of nitrogens with zero attached hydrogens (tertiary/aromatic N) is 4. The number of carbonyl (C=O) groups is 2. The lowest BCUT2D eigenvalue weighted by Crippen LogP contribution is -2.57. The van der Waals surface area contributed by atoms with E-state index in [1.165, 1.54) is 0 Å². The van der Waals surface area contributed by atoms with Crippen LogP contribution in [-0.2, 0) is 4.79 Å². The van der Waals surface area contributed by atoms with Gasteiger partial charge in [0.2, 0.25) is 5.91 Å². The molecule has 1 saturated heterocycles. The van der Waals surface area contributed by atoms with E-state index in [1.54, 1.807) is 16.0 Å². The van der Waals surface area contributed by atoms with E-state index in [0.29, 0.717) is 25.2 Å². The van der Waals surface area contributed by atoms with E-state index in [4.69, 9.17) is 0 Å². The van der Waals surface area contributed by atoms with E-state index in [9.17, 15) is 9.59 Å². The molecule has 1 aliphatic rings. The average molecular weight is 376 g/mol. The van der Waals surface area contributed by atoms with Gasteiger partial charge in [-0.3, -0.25) is 9.59 Å². The SMILES string of the molecule is CCN1CCN(C(=O)c2cccc(-c3cc(C)c4nccn4c3)c2)C(C)C1=O. The summed E-state index contributed by atoms with van der Waals surface area (Å²) in [7, 11) is 0. The molecule has 6 heteroatoms. The van der Waals surface area contributed by atoms with Crippen LogP contribution in [0.4, 0.5) is 0 Å². The highest BCUT2D eigenvalue weighted by Crippen LogP contribution is 2.24. The van der Waals surface area contributed by atoms with Crippen LogP contribution in [0.25, 0.3) is 16.8 Å². The molecular formula is C22H24N4O2. The standard InChI is InChI=1S/C22H24N4O2/c1-4-24-10-11-26(16(3)21(24)27)22(28)18-7-5-6-17(13-18)19-12-15(2)20-23-8-9-25(20)14-19/h5-9,12-14,16H,4,10-11H2,1-3H3. The van der Waals surface area contributed by atoms with Gasteiger partial charge < -0.3 is 14.2 Å². The summed E-state index contributed by atoms with van der Waals surface area (Å²) in [5.74, 6) is -0.0849. The molecule has 3 heterocycles. The van der Waals surface area contributed by atoms with Gasteiger partial charge >= 0.3 is 0 Å². The van der Waals surface area contributed by atoms with Crippen LogP contribution < -0.4 is 0 Å². The fourth-order valence-electron chi connectivity index (χ4n) is 3.88. The topological polar surface area (TPSA) is 57.9 Å². The number of aryl methyl sites for hydroxylation is 1. The molecular weight excluding hydrogens is 352 g/mol. The maximum absolute atomic E-state index is 13.1. The highest BCUT2D eigenvalue weighted by atomic mass is 16.2. The number of aromatic nitrogens is 2. The van der Waals surface area contributed by atoms with Crippen LogP contribution in [0.2, 0.25) is 0 Å². The monoisotopic (exact) mass is 376 g/mol. The summed E-state index contributed by atoms with van der Waals surface area (Å²) in [5.41, 5.74) is 4.60. The molecule has 3 aromatic rings. The third-order valence-corrected chi connectivity index (χ3v) is 5.50. The minimum atomic E-state index is -0.436. The van der Waals surface area contributed by atoms with Crippen LogP contribution in [0.5, 0.6) is 0 Å². The molecule has 1 fully saturated rings. The molecule has 0 spiro atoms. The van der Waals surface area contributed by atoms with Crippen molar-refractivity contribution in [2.75, 3.05) is 19.6 Å². The van der Waals surface area contributed by atoms with E-state index >= 15 is 0 Å². The van der Waals surface area contributed by atoms with Crippen LogP contribution in [0.1, 0.15) is 29.8 Å². The zero-order valence-corrected chi connectivity index (χ0v) is 16.4. The van der Waals surface area contributed by atoms with Crippen LogP contribution in [0.15, 0.2) is 48.9 Å². The number of pyridine rings is 1. The third-order valence-electron chi connectivity index (χ3n) is 5.50. The summed E-state index contributed by atoms with van der Waals surface area (Å²) < 4.78 is 1.99. The quantitative estimate of drug-likeness (QED) is 0.706. The number of rotatable bonds is 3. The molecule has 28 heavy (non-hydrogen) atoms. The predicted molar refractivity (Wildman–Crippen MR) is 108 cm³/mol. The van der Waals surface area contributed by atoms with Gasteiger partial charge in [-0.05, 0) is 55.7 Å². The molecule has 1 aliphatic heterocycles. The molecule has 6 nitrogen and oxygen atoms in total. The van der Waals surface area contributed by atoms with Gasteiger partial charge in [-0.25, -0.2) is 4.98 Å². The van der Waals surface area contributed by atoms with Gasteiger partial charge in [0.15, 0.2) is 0 Å². The van der Waals surface area contributed by atoms with Crippen molar-refractivity contribution in [2.24, 2.45) is 0 Å². The van der Waals surface area contributed by atoms with Crippen molar-refractivity contribution in [2.45, 2.75) is 26.8 Å². The summed E-state index contributed by atoms with van der Waals surface area (Å²) in [6.07, 6.45) is 5.72. The third kappa shape index (κ3) is 3.05. The number of piperazine rings is 1. The van der Waals surface area contributed by atoms with Gasteiger partial charge in [-0.1, -0.05) is 12.1 Å². The van der Waals surface area contributed by atoms with Crippen LogP contribution in [0.3, 0.4) is 0 Å². The van der Waals surface area contributed by atoms with Crippen molar-refractivity contribution in [1.82, 2.24) is 19.2 Å². The number of amides is 2. The average Bonchev–Trinajstić information content (AvgIpc) is 3.19.